The number of pyridine rings is 2. The minimum Gasteiger partial charge on any atom is -0.366 e. The molecule has 1 unspecified atom stereocenters. The topological polar surface area (TPSA) is 50.3 Å². The summed E-state index contributed by atoms with van der Waals surface area (Å²) in [7, 11) is 2.10. The van der Waals surface area contributed by atoms with Gasteiger partial charge in [0.05, 0.1) is 35.4 Å². The number of thioether (sulfide) groups is 2. The first-order valence-electron chi connectivity index (χ1n) is 9.12. The van der Waals surface area contributed by atoms with Gasteiger partial charge in [-0.15, -0.1) is 11.8 Å². The van der Waals surface area contributed by atoms with Crippen molar-refractivity contribution in [1.82, 2.24) is 9.97 Å². The Morgan fingerprint density at radius 3 is 2.71 bits per heavy atom. The third-order valence-corrected chi connectivity index (χ3v) is 6.37. The third-order valence-electron chi connectivity index (χ3n) is 4.29. The van der Waals surface area contributed by atoms with Crippen molar-refractivity contribution in [3.8, 4) is 0 Å². The molecule has 1 aromatic carbocycles. The van der Waals surface area contributed by atoms with E-state index in [2.05, 4.69) is 45.4 Å². The number of fused-ring (bicyclic) bond motifs is 1. The van der Waals surface area contributed by atoms with E-state index in [1.807, 2.05) is 48.8 Å². The monoisotopic (exact) mass is 410 g/mol. The van der Waals surface area contributed by atoms with Crippen molar-refractivity contribution in [3.63, 3.8) is 0 Å². The third kappa shape index (κ3) is 4.60. The summed E-state index contributed by atoms with van der Waals surface area (Å²) in [5, 5.41) is 4.44. The molecule has 1 N–H and O–H groups in total. The molecule has 144 valence electrons. The van der Waals surface area contributed by atoms with Crippen LogP contribution in [0.2, 0.25) is 0 Å². The first kappa shape index (κ1) is 19.1. The van der Waals surface area contributed by atoms with E-state index >= 15 is 0 Å². The molecule has 1 aliphatic heterocycles. The van der Waals surface area contributed by atoms with Crippen LogP contribution in [0, 0.1) is 0 Å². The van der Waals surface area contributed by atoms with E-state index in [0.29, 0.717) is 6.61 Å². The normalized spacial score (nSPS) is 13.8. The van der Waals surface area contributed by atoms with Crippen molar-refractivity contribution in [2.75, 3.05) is 36.3 Å². The van der Waals surface area contributed by atoms with Gasteiger partial charge in [0.25, 0.3) is 0 Å². The van der Waals surface area contributed by atoms with Gasteiger partial charge in [-0.1, -0.05) is 30.0 Å². The van der Waals surface area contributed by atoms with E-state index in [4.69, 9.17) is 4.74 Å². The predicted octanol–water partition coefficient (Wildman–Crippen LogP) is 4.90. The summed E-state index contributed by atoms with van der Waals surface area (Å²) in [6, 6.07) is 18.3. The molecule has 7 heteroatoms. The van der Waals surface area contributed by atoms with Gasteiger partial charge in [-0.05, 0) is 36.4 Å². The maximum Gasteiger partial charge on any atom is 0.149 e. The Labute approximate surface area is 173 Å². The van der Waals surface area contributed by atoms with Gasteiger partial charge < -0.3 is 15.0 Å². The van der Waals surface area contributed by atoms with Crippen molar-refractivity contribution in [1.29, 1.82) is 0 Å². The summed E-state index contributed by atoms with van der Waals surface area (Å²) in [6.07, 6.45) is 3.63. The average Bonchev–Trinajstić information content (AvgIpc) is 3.13. The molecule has 0 saturated carbocycles. The van der Waals surface area contributed by atoms with E-state index < -0.39 is 0 Å². The van der Waals surface area contributed by atoms with Crippen LogP contribution in [0.1, 0.15) is 11.1 Å². The molecule has 0 spiro atoms. The van der Waals surface area contributed by atoms with Crippen molar-refractivity contribution in [2.24, 2.45) is 0 Å². The zero-order chi connectivity index (χ0) is 19.2. The molecule has 0 bridgehead atoms. The van der Waals surface area contributed by atoms with Gasteiger partial charge in [0, 0.05) is 30.1 Å². The zero-order valence-corrected chi connectivity index (χ0v) is 17.2. The predicted molar refractivity (Wildman–Crippen MR) is 117 cm³/mol. The van der Waals surface area contributed by atoms with Crippen LogP contribution in [-0.2, 0) is 4.74 Å². The van der Waals surface area contributed by atoms with Crippen LogP contribution in [0.4, 0.5) is 11.4 Å². The van der Waals surface area contributed by atoms with Gasteiger partial charge in [0.2, 0.25) is 0 Å². The summed E-state index contributed by atoms with van der Waals surface area (Å²) in [4.78, 5) is 12.3. The Bertz CT molecular complexity index is 895. The van der Waals surface area contributed by atoms with Gasteiger partial charge in [-0.3, -0.25) is 4.98 Å². The summed E-state index contributed by atoms with van der Waals surface area (Å²) in [5.41, 5.74) is 3.16. The van der Waals surface area contributed by atoms with Gasteiger partial charge >= 0.3 is 0 Å². The average molecular weight is 411 g/mol. The molecule has 5 nitrogen and oxygen atoms in total. The number of ether oxygens (including phenoxy) is 1. The highest BCUT2D eigenvalue weighted by molar-refractivity contribution is 7.99. The first-order chi connectivity index (χ1) is 13.8. The molecular weight excluding hydrogens is 388 g/mol. The highest BCUT2D eigenvalue weighted by Crippen LogP contribution is 2.45. The number of nitrogens with one attached hydrogen (secondary N) is 1. The smallest absolute Gasteiger partial charge is 0.149 e. The number of para-hydroxylation sites is 1. The molecule has 1 atom stereocenters. The fourth-order valence-electron chi connectivity index (χ4n) is 2.98. The van der Waals surface area contributed by atoms with Crippen LogP contribution >= 0.6 is 23.5 Å². The van der Waals surface area contributed by atoms with Crippen LogP contribution in [0.15, 0.2) is 76.9 Å². The van der Waals surface area contributed by atoms with Crippen molar-refractivity contribution < 1.29 is 4.74 Å². The van der Waals surface area contributed by atoms with Crippen LogP contribution < -0.4 is 10.2 Å². The standard InChI is InChI=1S/C21H22N4OS2/c1-25-15-24-16-8-6-9-18(20(16)25)28-21(17-7-2-4-11-22-17)26-13-14-27-19-10-3-5-12-23-19/h2-12,21,24H,13-15H2,1H3. The lowest BCUT2D eigenvalue weighted by atomic mass is 10.3. The van der Waals surface area contributed by atoms with Gasteiger partial charge in [-0.25, -0.2) is 4.98 Å². The summed E-state index contributed by atoms with van der Waals surface area (Å²) < 4.78 is 6.26. The van der Waals surface area contributed by atoms with Gasteiger partial charge in [0.15, 0.2) is 0 Å². The second-order valence-corrected chi connectivity index (χ2v) is 8.50. The Balaban J connectivity index is 1.45. The van der Waals surface area contributed by atoms with E-state index in [-0.39, 0.29) is 5.44 Å². The molecule has 0 aliphatic carbocycles. The molecule has 0 amide bonds. The van der Waals surface area contributed by atoms with Crippen LogP contribution in [0.25, 0.3) is 0 Å². The quantitative estimate of drug-likeness (QED) is 0.322. The molecule has 0 saturated heterocycles. The molecular formula is C21H22N4OS2. The second-order valence-electron chi connectivity index (χ2n) is 6.28. The first-order valence-corrected chi connectivity index (χ1v) is 11.0. The molecule has 0 fully saturated rings. The summed E-state index contributed by atoms with van der Waals surface area (Å²) in [6.45, 7) is 1.45. The maximum absolute atomic E-state index is 6.26. The molecule has 0 radical (unpaired) electrons. The zero-order valence-electron chi connectivity index (χ0n) is 15.6. The van der Waals surface area contributed by atoms with E-state index in [1.54, 1.807) is 23.5 Å². The fraction of sp³-hybridized carbons (Fsp3) is 0.238. The lowest BCUT2D eigenvalue weighted by Crippen LogP contribution is -2.16. The molecule has 3 aromatic rings. The highest BCUT2D eigenvalue weighted by Gasteiger charge is 2.23. The van der Waals surface area contributed by atoms with Crippen molar-refractivity contribution in [2.45, 2.75) is 15.4 Å². The molecule has 28 heavy (non-hydrogen) atoms. The number of rotatable bonds is 8. The largest absolute Gasteiger partial charge is 0.366 e. The van der Waals surface area contributed by atoms with Crippen LogP contribution in [-0.4, -0.2) is 36.0 Å². The molecule has 1 aliphatic rings. The van der Waals surface area contributed by atoms with Gasteiger partial charge in [-0.2, -0.15) is 0 Å². The summed E-state index contributed by atoms with van der Waals surface area (Å²) >= 11 is 3.41. The lowest BCUT2D eigenvalue weighted by molar-refractivity contribution is 0.125. The lowest BCUT2D eigenvalue weighted by Gasteiger charge is -2.20. The van der Waals surface area contributed by atoms with E-state index in [0.717, 1.165) is 28.8 Å². The number of hydrogen-bond acceptors (Lipinski definition) is 7. The molecule has 3 heterocycles. The van der Waals surface area contributed by atoms with Crippen LogP contribution in [0.3, 0.4) is 0 Å². The number of aromatic nitrogens is 2. The Kier molecular flexibility index (Phi) is 6.36. The fourth-order valence-corrected chi connectivity index (χ4v) is 4.87. The maximum atomic E-state index is 6.26. The minimum atomic E-state index is -0.161. The number of anilines is 2. The van der Waals surface area contributed by atoms with Crippen molar-refractivity contribution >= 4 is 34.9 Å². The van der Waals surface area contributed by atoms with E-state index in [1.165, 1.54) is 10.6 Å². The van der Waals surface area contributed by atoms with Gasteiger partial charge in [0.1, 0.15) is 5.44 Å². The Morgan fingerprint density at radius 2 is 1.93 bits per heavy atom. The molecule has 4 rings (SSSR count). The second kappa shape index (κ2) is 9.32. The number of benzene rings is 1. The molecule has 2 aromatic heterocycles. The Hall–Kier alpha value is -2.22. The minimum absolute atomic E-state index is 0.161. The summed E-state index contributed by atoms with van der Waals surface area (Å²) in [5.74, 6) is 0.843. The number of hydrogen-bond donors (Lipinski definition) is 1. The highest BCUT2D eigenvalue weighted by atomic mass is 32.2. The Morgan fingerprint density at radius 1 is 1.07 bits per heavy atom. The van der Waals surface area contributed by atoms with Crippen LogP contribution in [0.5, 0.6) is 0 Å². The van der Waals surface area contributed by atoms with Crippen molar-refractivity contribution in [3.05, 3.63) is 72.7 Å². The van der Waals surface area contributed by atoms with E-state index in [9.17, 15) is 0 Å². The number of nitrogens with zero attached hydrogens (tertiary/aromatic N) is 3. The SMILES string of the molecule is CN1CNc2cccc(SC(OCCSc3ccccn3)c3ccccn3)c21.